The smallest absolute Gasteiger partial charge is 0.462 e. The molecule has 9 heteroatoms. The number of rotatable bonds is 3. The SMILES string of the molecule is CCOC(=O)c1c(OC(F)(F)F)[nH]cc(I)c1=O. The molecule has 18 heavy (non-hydrogen) atoms. The van der Waals surface area contributed by atoms with E-state index < -0.39 is 29.2 Å². The minimum absolute atomic E-state index is 0.0465. The van der Waals surface area contributed by atoms with Crippen LogP contribution in [0.25, 0.3) is 0 Å². The summed E-state index contributed by atoms with van der Waals surface area (Å²) in [6, 6.07) is 0. The number of ether oxygens (including phenoxy) is 2. The van der Waals surface area contributed by atoms with E-state index in [1.165, 1.54) is 6.92 Å². The van der Waals surface area contributed by atoms with E-state index in [9.17, 15) is 22.8 Å². The Morgan fingerprint density at radius 1 is 1.50 bits per heavy atom. The predicted octanol–water partition coefficient (Wildman–Crippen LogP) is 2.05. The highest BCUT2D eigenvalue weighted by molar-refractivity contribution is 14.1. The first-order valence-corrected chi connectivity index (χ1v) is 5.68. The van der Waals surface area contributed by atoms with Crippen LogP contribution in [0.1, 0.15) is 17.3 Å². The second-order valence-electron chi connectivity index (χ2n) is 2.94. The van der Waals surface area contributed by atoms with Gasteiger partial charge in [0.05, 0.1) is 10.2 Å². The molecule has 0 amide bonds. The molecule has 0 aliphatic heterocycles. The van der Waals surface area contributed by atoms with Gasteiger partial charge in [-0.25, -0.2) is 4.79 Å². The van der Waals surface area contributed by atoms with E-state index in [2.05, 4.69) is 14.5 Å². The first-order chi connectivity index (χ1) is 8.26. The molecule has 0 atom stereocenters. The van der Waals surface area contributed by atoms with Crippen LogP contribution in [0, 0.1) is 3.57 Å². The van der Waals surface area contributed by atoms with Gasteiger partial charge in [0.1, 0.15) is 0 Å². The molecule has 0 radical (unpaired) electrons. The minimum Gasteiger partial charge on any atom is -0.462 e. The van der Waals surface area contributed by atoms with E-state index in [1.807, 2.05) is 0 Å². The number of esters is 1. The summed E-state index contributed by atoms with van der Waals surface area (Å²) in [5.41, 5.74) is -1.69. The molecule has 0 saturated carbocycles. The van der Waals surface area contributed by atoms with Crippen molar-refractivity contribution in [3.05, 3.63) is 25.6 Å². The van der Waals surface area contributed by atoms with E-state index in [0.29, 0.717) is 0 Å². The fourth-order valence-electron chi connectivity index (χ4n) is 1.07. The molecule has 0 saturated heterocycles. The van der Waals surface area contributed by atoms with Crippen LogP contribution < -0.4 is 10.2 Å². The summed E-state index contributed by atoms with van der Waals surface area (Å²) in [5, 5.41) is 0. The molecule has 5 nitrogen and oxygen atoms in total. The van der Waals surface area contributed by atoms with Crippen molar-refractivity contribution >= 4 is 28.6 Å². The van der Waals surface area contributed by atoms with Crippen LogP contribution in [0.3, 0.4) is 0 Å². The Labute approximate surface area is 112 Å². The number of carbonyl (C=O) groups excluding carboxylic acids is 1. The molecular formula is C9H7F3INO4. The fourth-order valence-corrected chi connectivity index (χ4v) is 1.50. The highest BCUT2D eigenvalue weighted by Crippen LogP contribution is 2.23. The number of pyridine rings is 1. The van der Waals surface area contributed by atoms with Crippen LogP contribution in [0.15, 0.2) is 11.0 Å². The van der Waals surface area contributed by atoms with E-state index in [4.69, 9.17) is 0 Å². The van der Waals surface area contributed by atoms with Crippen LogP contribution in [0.4, 0.5) is 13.2 Å². The zero-order chi connectivity index (χ0) is 13.9. The molecule has 0 bridgehead atoms. The number of alkyl halides is 3. The van der Waals surface area contributed by atoms with Crippen molar-refractivity contribution in [2.24, 2.45) is 0 Å². The van der Waals surface area contributed by atoms with Crippen molar-refractivity contribution in [1.29, 1.82) is 0 Å². The van der Waals surface area contributed by atoms with E-state index in [-0.39, 0.29) is 10.2 Å². The van der Waals surface area contributed by atoms with Gasteiger partial charge in [0.25, 0.3) is 0 Å². The lowest BCUT2D eigenvalue weighted by molar-refractivity contribution is -0.276. The van der Waals surface area contributed by atoms with Gasteiger partial charge in [-0.2, -0.15) is 0 Å². The number of halogens is 4. The van der Waals surface area contributed by atoms with Crippen molar-refractivity contribution in [3.63, 3.8) is 0 Å². The van der Waals surface area contributed by atoms with E-state index in [0.717, 1.165) is 6.20 Å². The van der Waals surface area contributed by atoms with Crippen molar-refractivity contribution < 1.29 is 27.4 Å². The number of nitrogens with one attached hydrogen (secondary N) is 1. The Morgan fingerprint density at radius 2 is 2.11 bits per heavy atom. The molecular weight excluding hydrogens is 370 g/mol. The number of aromatic nitrogens is 1. The lowest BCUT2D eigenvalue weighted by Crippen LogP contribution is -2.26. The molecule has 1 rings (SSSR count). The van der Waals surface area contributed by atoms with Gasteiger partial charge in [0.15, 0.2) is 5.56 Å². The third kappa shape index (κ3) is 3.62. The molecule has 0 fully saturated rings. The van der Waals surface area contributed by atoms with Gasteiger partial charge in [-0.1, -0.05) is 0 Å². The summed E-state index contributed by atoms with van der Waals surface area (Å²) in [5.74, 6) is -2.15. The summed E-state index contributed by atoms with van der Waals surface area (Å²) >= 11 is 1.58. The predicted molar refractivity (Wildman–Crippen MR) is 62.4 cm³/mol. The standard InChI is InChI=1S/C9H7F3INO4/c1-2-17-8(16)5-6(15)4(13)3-14-7(5)18-9(10,11)12/h3H,2H2,1H3,(H,14,15). The summed E-state index contributed by atoms with van der Waals surface area (Å²) in [6.45, 7) is 1.39. The molecule has 0 aliphatic rings. The number of H-pyrrole nitrogens is 1. The van der Waals surface area contributed by atoms with Crippen LogP contribution in [-0.2, 0) is 4.74 Å². The Hall–Kier alpha value is -1.26. The molecule has 100 valence electrons. The molecule has 0 aliphatic carbocycles. The fraction of sp³-hybridized carbons (Fsp3) is 0.333. The van der Waals surface area contributed by atoms with Crippen LogP contribution in [0.2, 0.25) is 0 Å². The van der Waals surface area contributed by atoms with E-state index in [1.54, 1.807) is 22.6 Å². The maximum Gasteiger partial charge on any atom is 0.574 e. The normalized spacial score (nSPS) is 11.2. The third-order valence-corrected chi connectivity index (χ3v) is 2.50. The highest BCUT2D eigenvalue weighted by atomic mass is 127. The Kier molecular flexibility index (Phi) is 4.59. The first kappa shape index (κ1) is 14.8. The van der Waals surface area contributed by atoms with Crippen molar-refractivity contribution in [2.75, 3.05) is 6.61 Å². The molecule has 1 N–H and O–H groups in total. The molecule has 0 spiro atoms. The number of hydrogen-bond acceptors (Lipinski definition) is 4. The molecule has 1 aromatic heterocycles. The van der Waals surface area contributed by atoms with Gasteiger partial charge in [0.2, 0.25) is 11.3 Å². The molecule has 0 aromatic carbocycles. The third-order valence-electron chi connectivity index (χ3n) is 1.70. The van der Waals surface area contributed by atoms with Crippen molar-refractivity contribution in [3.8, 4) is 5.88 Å². The van der Waals surface area contributed by atoms with Gasteiger partial charge in [0, 0.05) is 6.20 Å². The zero-order valence-electron chi connectivity index (χ0n) is 8.93. The number of aromatic amines is 1. The molecule has 0 unspecified atom stereocenters. The summed E-state index contributed by atoms with van der Waals surface area (Å²) in [7, 11) is 0. The van der Waals surface area contributed by atoms with E-state index >= 15 is 0 Å². The average Bonchev–Trinajstić information content (AvgIpc) is 2.22. The topological polar surface area (TPSA) is 68.4 Å². The zero-order valence-corrected chi connectivity index (χ0v) is 11.1. The lowest BCUT2D eigenvalue weighted by Gasteiger charge is -2.11. The summed E-state index contributed by atoms with van der Waals surface area (Å²) in [6.07, 6.45) is -4.01. The van der Waals surface area contributed by atoms with Gasteiger partial charge in [-0.3, -0.25) is 4.79 Å². The van der Waals surface area contributed by atoms with Gasteiger partial charge >= 0.3 is 12.3 Å². The Morgan fingerprint density at radius 3 is 2.61 bits per heavy atom. The Bertz CT molecular complexity index is 512. The largest absolute Gasteiger partial charge is 0.574 e. The second kappa shape index (κ2) is 5.59. The molecule has 1 aromatic rings. The van der Waals surface area contributed by atoms with Crippen LogP contribution in [0.5, 0.6) is 5.88 Å². The van der Waals surface area contributed by atoms with Crippen LogP contribution in [-0.4, -0.2) is 23.9 Å². The van der Waals surface area contributed by atoms with Crippen molar-refractivity contribution in [2.45, 2.75) is 13.3 Å². The number of hydrogen-bond donors (Lipinski definition) is 1. The monoisotopic (exact) mass is 377 g/mol. The average molecular weight is 377 g/mol. The van der Waals surface area contributed by atoms with Gasteiger partial charge in [-0.15, -0.1) is 13.2 Å². The maximum atomic E-state index is 12.1. The molecule has 1 heterocycles. The summed E-state index contributed by atoms with van der Waals surface area (Å²) < 4.78 is 44.4. The minimum atomic E-state index is -5.02. The first-order valence-electron chi connectivity index (χ1n) is 4.60. The van der Waals surface area contributed by atoms with Crippen LogP contribution >= 0.6 is 22.6 Å². The van der Waals surface area contributed by atoms with Crippen molar-refractivity contribution in [1.82, 2.24) is 4.98 Å². The van der Waals surface area contributed by atoms with Gasteiger partial charge in [-0.05, 0) is 29.5 Å². The highest BCUT2D eigenvalue weighted by Gasteiger charge is 2.35. The number of carbonyl (C=O) groups is 1. The lowest BCUT2D eigenvalue weighted by atomic mass is 10.2. The maximum absolute atomic E-state index is 12.1. The Balaban J connectivity index is 3.30. The summed E-state index contributed by atoms with van der Waals surface area (Å²) in [4.78, 5) is 25.1. The second-order valence-corrected chi connectivity index (χ2v) is 4.10. The quantitative estimate of drug-likeness (QED) is 0.647. The van der Waals surface area contributed by atoms with Gasteiger partial charge < -0.3 is 14.5 Å².